The number of nitro groups is 1. The Balaban J connectivity index is 1.78. The van der Waals surface area contributed by atoms with Gasteiger partial charge in [-0.2, -0.15) is 16.3 Å². The minimum absolute atomic E-state index is 0.211. The molecule has 0 aliphatic heterocycles. The lowest BCUT2D eigenvalue weighted by atomic mass is 10.3. The monoisotopic (exact) mass is 277 g/mol. The van der Waals surface area contributed by atoms with Crippen LogP contribution in [0.25, 0.3) is 11.4 Å². The Morgan fingerprint density at radius 3 is 3.11 bits per heavy atom. The molecule has 0 fully saturated rings. The van der Waals surface area contributed by atoms with Gasteiger partial charge in [0.1, 0.15) is 12.7 Å². The van der Waals surface area contributed by atoms with E-state index in [1.807, 2.05) is 16.8 Å². The fraction of sp³-hybridized carbons (Fsp3) is 0.100. The molecule has 0 bridgehead atoms. The topological polar surface area (TPSA) is 99.9 Å². The summed E-state index contributed by atoms with van der Waals surface area (Å²) in [6, 6.07) is 1.89. The van der Waals surface area contributed by atoms with Crippen molar-refractivity contribution in [1.82, 2.24) is 19.7 Å². The van der Waals surface area contributed by atoms with E-state index in [0.29, 0.717) is 11.7 Å². The molecule has 0 N–H and O–H groups in total. The van der Waals surface area contributed by atoms with Crippen molar-refractivity contribution in [2.45, 2.75) is 6.54 Å². The third kappa shape index (κ3) is 2.36. The van der Waals surface area contributed by atoms with Crippen LogP contribution >= 0.6 is 11.3 Å². The van der Waals surface area contributed by atoms with Crippen LogP contribution < -0.4 is 0 Å². The van der Waals surface area contributed by atoms with Gasteiger partial charge in [0.2, 0.25) is 18.0 Å². The minimum Gasteiger partial charge on any atom is -0.358 e. The maximum atomic E-state index is 10.5. The zero-order chi connectivity index (χ0) is 13.2. The summed E-state index contributed by atoms with van der Waals surface area (Å²) in [5.41, 5.74) is 0.886. The molecule has 0 saturated carbocycles. The zero-order valence-electron chi connectivity index (χ0n) is 9.46. The summed E-state index contributed by atoms with van der Waals surface area (Å²) in [7, 11) is 0. The number of rotatable bonds is 4. The van der Waals surface area contributed by atoms with Crippen LogP contribution in [0.15, 0.2) is 33.9 Å². The summed E-state index contributed by atoms with van der Waals surface area (Å²) in [5, 5.41) is 18.2. The maximum absolute atomic E-state index is 10.5. The van der Waals surface area contributed by atoms with Gasteiger partial charge in [-0.1, -0.05) is 5.16 Å². The Morgan fingerprint density at radius 1 is 1.53 bits per heavy atom. The largest absolute Gasteiger partial charge is 0.381 e. The van der Waals surface area contributed by atoms with Gasteiger partial charge in [0, 0.05) is 10.9 Å². The molecule has 9 heteroatoms. The van der Waals surface area contributed by atoms with Gasteiger partial charge in [-0.3, -0.25) is 0 Å². The summed E-state index contributed by atoms with van der Waals surface area (Å²) in [5.74, 6) is 0.664. The van der Waals surface area contributed by atoms with Gasteiger partial charge < -0.3 is 19.2 Å². The molecule has 0 aliphatic rings. The predicted octanol–water partition coefficient (Wildman–Crippen LogP) is 1.95. The van der Waals surface area contributed by atoms with Crippen LogP contribution in [0.2, 0.25) is 0 Å². The summed E-state index contributed by atoms with van der Waals surface area (Å²) in [6.45, 7) is 0.248. The Labute approximate surface area is 110 Å². The highest BCUT2D eigenvalue weighted by Gasteiger charge is 2.13. The molecule has 0 saturated heterocycles. The van der Waals surface area contributed by atoms with Crippen molar-refractivity contribution in [3.63, 3.8) is 0 Å². The normalized spacial score (nSPS) is 10.7. The molecule has 3 aromatic rings. The summed E-state index contributed by atoms with van der Waals surface area (Å²) in [4.78, 5) is 17.8. The van der Waals surface area contributed by atoms with Crippen LogP contribution in [0.5, 0.6) is 0 Å². The van der Waals surface area contributed by atoms with Gasteiger partial charge in [0.05, 0.1) is 0 Å². The van der Waals surface area contributed by atoms with Gasteiger partial charge in [0.25, 0.3) is 0 Å². The number of thiophene rings is 1. The van der Waals surface area contributed by atoms with Crippen LogP contribution in [0.3, 0.4) is 0 Å². The van der Waals surface area contributed by atoms with Crippen LogP contribution in [-0.2, 0) is 6.54 Å². The van der Waals surface area contributed by atoms with Crippen LogP contribution in [0.4, 0.5) is 5.82 Å². The average Bonchev–Trinajstić information content (AvgIpc) is 3.09. The molecule has 0 amide bonds. The second kappa shape index (κ2) is 4.61. The summed E-state index contributed by atoms with van der Waals surface area (Å²) in [6.07, 6.45) is 2.67. The number of imidazole rings is 1. The van der Waals surface area contributed by atoms with Gasteiger partial charge in [-0.15, -0.1) is 0 Å². The fourth-order valence-electron chi connectivity index (χ4n) is 1.51. The SMILES string of the molecule is O=[N+]([O-])c1cn(Cc2nc(-c3ccsc3)no2)cn1. The molecule has 0 atom stereocenters. The molecule has 3 aromatic heterocycles. The second-order valence-electron chi connectivity index (χ2n) is 3.69. The van der Waals surface area contributed by atoms with E-state index in [1.54, 1.807) is 11.3 Å². The number of hydrogen-bond donors (Lipinski definition) is 0. The van der Waals surface area contributed by atoms with E-state index in [4.69, 9.17) is 4.52 Å². The van der Waals surface area contributed by atoms with Gasteiger partial charge in [-0.25, -0.2) is 0 Å². The molecule has 3 rings (SSSR count). The molecule has 0 unspecified atom stereocenters. The molecule has 3 heterocycles. The molecule has 19 heavy (non-hydrogen) atoms. The first-order valence-electron chi connectivity index (χ1n) is 5.24. The van der Waals surface area contributed by atoms with Crippen molar-refractivity contribution in [2.75, 3.05) is 0 Å². The first kappa shape index (κ1) is 11.5. The highest BCUT2D eigenvalue weighted by atomic mass is 32.1. The Morgan fingerprint density at radius 2 is 2.42 bits per heavy atom. The highest BCUT2D eigenvalue weighted by Crippen LogP contribution is 2.19. The number of nitrogens with zero attached hydrogens (tertiary/aromatic N) is 5. The second-order valence-corrected chi connectivity index (χ2v) is 4.47. The maximum Gasteiger partial charge on any atom is 0.381 e. The highest BCUT2D eigenvalue weighted by molar-refractivity contribution is 7.08. The van der Waals surface area contributed by atoms with Gasteiger partial charge >= 0.3 is 5.82 Å². The molecule has 0 aliphatic carbocycles. The first-order chi connectivity index (χ1) is 9.22. The van der Waals surface area contributed by atoms with E-state index in [1.165, 1.54) is 17.1 Å². The standard InChI is InChI=1S/C10H7N5O3S/c16-15(17)8-3-14(6-11-8)4-9-12-10(13-18-9)7-1-2-19-5-7/h1-3,5-6H,4H2. The molecular weight excluding hydrogens is 270 g/mol. The predicted molar refractivity (Wildman–Crippen MR) is 65.6 cm³/mol. The van der Waals surface area contributed by atoms with E-state index in [0.717, 1.165) is 5.56 Å². The first-order valence-corrected chi connectivity index (χ1v) is 6.18. The van der Waals surface area contributed by atoms with Crippen LogP contribution in [0.1, 0.15) is 5.89 Å². The Kier molecular flexibility index (Phi) is 2.80. The lowest BCUT2D eigenvalue weighted by Gasteiger charge is -1.92. The molecule has 0 spiro atoms. The van der Waals surface area contributed by atoms with E-state index in [9.17, 15) is 10.1 Å². The summed E-state index contributed by atoms with van der Waals surface area (Å²) < 4.78 is 6.60. The smallest absolute Gasteiger partial charge is 0.358 e. The third-order valence-electron chi connectivity index (χ3n) is 2.37. The van der Waals surface area contributed by atoms with E-state index in [-0.39, 0.29) is 12.4 Å². The van der Waals surface area contributed by atoms with Gasteiger partial charge in [-0.05, 0) is 21.4 Å². The fourth-order valence-corrected chi connectivity index (χ4v) is 2.15. The van der Waals surface area contributed by atoms with E-state index in [2.05, 4.69) is 15.1 Å². The summed E-state index contributed by atoms with van der Waals surface area (Å²) >= 11 is 1.54. The quantitative estimate of drug-likeness (QED) is 0.533. The van der Waals surface area contributed by atoms with Crippen molar-refractivity contribution in [2.24, 2.45) is 0 Å². The minimum atomic E-state index is -0.554. The molecular formula is C10H7N5O3S. The van der Waals surface area contributed by atoms with Crippen LogP contribution in [0, 0.1) is 10.1 Å². The number of hydrogen-bond acceptors (Lipinski definition) is 7. The van der Waals surface area contributed by atoms with Crippen molar-refractivity contribution >= 4 is 17.2 Å². The average molecular weight is 277 g/mol. The lowest BCUT2D eigenvalue weighted by Crippen LogP contribution is -1.96. The molecule has 0 radical (unpaired) electrons. The van der Waals surface area contributed by atoms with Crippen molar-refractivity contribution < 1.29 is 9.45 Å². The molecule has 96 valence electrons. The lowest BCUT2D eigenvalue weighted by molar-refractivity contribution is -0.389. The number of aromatic nitrogens is 4. The zero-order valence-corrected chi connectivity index (χ0v) is 10.3. The van der Waals surface area contributed by atoms with Crippen molar-refractivity contribution in [3.05, 3.63) is 45.4 Å². The van der Waals surface area contributed by atoms with Crippen LogP contribution in [-0.4, -0.2) is 24.6 Å². The van der Waals surface area contributed by atoms with Gasteiger partial charge in [0.15, 0.2) is 0 Å². The van der Waals surface area contributed by atoms with E-state index < -0.39 is 4.92 Å². The Bertz CT molecular complexity index is 702. The Hall–Kier alpha value is -2.55. The molecule has 0 aromatic carbocycles. The van der Waals surface area contributed by atoms with Crippen molar-refractivity contribution in [1.29, 1.82) is 0 Å². The van der Waals surface area contributed by atoms with Crippen molar-refractivity contribution in [3.8, 4) is 11.4 Å². The third-order valence-corrected chi connectivity index (χ3v) is 3.06. The molecule has 8 nitrogen and oxygen atoms in total. The van der Waals surface area contributed by atoms with E-state index >= 15 is 0 Å².